The SMILES string of the molecule is O=C(NNC(=O)C1CCOC1)c1cc2cc(Cl)ncc2[nH]1. The summed E-state index contributed by atoms with van der Waals surface area (Å²) in [6.07, 6.45) is 2.21. The number of nitrogens with zero attached hydrogens (tertiary/aromatic N) is 1. The van der Waals surface area contributed by atoms with E-state index in [-0.39, 0.29) is 11.8 Å². The zero-order chi connectivity index (χ0) is 14.8. The summed E-state index contributed by atoms with van der Waals surface area (Å²) in [6.45, 7) is 0.958. The van der Waals surface area contributed by atoms with Gasteiger partial charge in [0.25, 0.3) is 5.91 Å². The fraction of sp³-hybridized carbons (Fsp3) is 0.308. The zero-order valence-electron chi connectivity index (χ0n) is 11.0. The smallest absolute Gasteiger partial charge is 0.286 e. The van der Waals surface area contributed by atoms with Gasteiger partial charge in [-0.05, 0) is 18.6 Å². The molecule has 3 N–H and O–H groups in total. The molecule has 1 aliphatic heterocycles. The number of aromatic amines is 1. The summed E-state index contributed by atoms with van der Waals surface area (Å²) < 4.78 is 5.12. The van der Waals surface area contributed by atoms with Gasteiger partial charge in [0, 0.05) is 12.0 Å². The number of rotatable bonds is 2. The predicted octanol–water partition coefficient (Wildman–Crippen LogP) is 1.01. The van der Waals surface area contributed by atoms with Crippen molar-refractivity contribution in [2.45, 2.75) is 6.42 Å². The van der Waals surface area contributed by atoms with E-state index in [1.54, 1.807) is 18.3 Å². The molecule has 1 atom stereocenters. The van der Waals surface area contributed by atoms with E-state index < -0.39 is 5.91 Å². The average molecular weight is 309 g/mol. The molecule has 8 heteroatoms. The third kappa shape index (κ3) is 2.98. The van der Waals surface area contributed by atoms with Gasteiger partial charge in [-0.2, -0.15) is 0 Å². The summed E-state index contributed by atoms with van der Waals surface area (Å²) in [7, 11) is 0. The third-order valence-corrected chi connectivity index (χ3v) is 3.52. The number of nitrogens with one attached hydrogen (secondary N) is 3. The van der Waals surface area contributed by atoms with Crippen LogP contribution >= 0.6 is 11.6 Å². The number of ether oxygens (including phenoxy) is 1. The molecule has 0 bridgehead atoms. The van der Waals surface area contributed by atoms with Gasteiger partial charge in [0.1, 0.15) is 10.8 Å². The van der Waals surface area contributed by atoms with Crippen molar-refractivity contribution in [1.29, 1.82) is 0 Å². The molecule has 110 valence electrons. The second-order valence-electron chi connectivity index (χ2n) is 4.78. The van der Waals surface area contributed by atoms with Crippen LogP contribution < -0.4 is 10.9 Å². The predicted molar refractivity (Wildman–Crippen MR) is 75.6 cm³/mol. The van der Waals surface area contributed by atoms with Gasteiger partial charge in [-0.25, -0.2) is 4.98 Å². The number of H-pyrrole nitrogens is 1. The Morgan fingerprint density at radius 2 is 2.24 bits per heavy atom. The van der Waals surface area contributed by atoms with Gasteiger partial charge in [-0.1, -0.05) is 11.6 Å². The number of halogens is 1. The van der Waals surface area contributed by atoms with Gasteiger partial charge in [-0.3, -0.25) is 20.4 Å². The molecule has 0 radical (unpaired) electrons. The Labute approximate surface area is 125 Å². The van der Waals surface area contributed by atoms with Crippen molar-refractivity contribution in [1.82, 2.24) is 20.8 Å². The molecule has 1 unspecified atom stereocenters. The van der Waals surface area contributed by atoms with E-state index in [4.69, 9.17) is 16.3 Å². The van der Waals surface area contributed by atoms with Gasteiger partial charge < -0.3 is 9.72 Å². The Balaban J connectivity index is 1.65. The van der Waals surface area contributed by atoms with Gasteiger partial charge >= 0.3 is 0 Å². The van der Waals surface area contributed by atoms with Gasteiger partial charge in [0.15, 0.2) is 0 Å². The molecule has 3 heterocycles. The Kier molecular flexibility index (Phi) is 3.76. The number of carbonyl (C=O) groups excluding carboxylic acids is 2. The van der Waals surface area contributed by atoms with Crippen LogP contribution in [0.5, 0.6) is 0 Å². The Morgan fingerprint density at radius 3 is 3.00 bits per heavy atom. The van der Waals surface area contributed by atoms with E-state index in [0.29, 0.717) is 36.0 Å². The molecule has 0 spiro atoms. The number of hydrazine groups is 1. The second-order valence-corrected chi connectivity index (χ2v) is 5.17. The highest BCUT2D eigenvalue weighted by atomic mass is 35.5. The van der Waals surface area contributed by atoms with E-state index in [9.17, 15) is 9.59 Å². The lowest BCUT2D eigenvalue weighted by atomic mass is 10.1. The van der Waals surface area contributed by atoms with E-state index >= 15 is 0 Å². The number of fused-ring (bicyclic) bond motifs is 1. The minimum Gasteiger partial charge on any atom is -0.381 e. The van der Waals surface area contributed by atoms with Crippen LogP contribution in [0.4, 0.5) is 0 Å². The number of carbonyl (C=O) groups is 2. The molecule has 0 saturated carbocycles. The van der Waals surface area contributed by atoms with Crippen molar-refractivity contribution in [2.75, 3.05) is 13.2 Å². The maximum absolute atomic E-state index is 12.0. The molecule has 1 fully saturated rings. The molecular formula is C13H13ClN4O3. The highest BCUT2D eigenvalue weighted by Gasteiger charge is 2.23. The van der Waals surface area contributed by atoms with Crippen molar-refractivity contribution < 1.29 is 14.3 Å². The lowest BCUT2D eigenvalue weighted by Gasteiger charge is -2.09. The second kappa shape index (κ2) is 5.71. The van der Waals surface area contributed by atoms with E-state index in [0.717, 1.165) is 5.39 Å². The van der Waals surface area contributed by atoms with Crippen molar-refractivity contribution in [3.05, 3.63) is 29.2 Å². The normalized spacial score (nSPS) is 17.9. The fourth-order valence-corrected chi connectivity index (χ4v) is 2.32. The molecule has 1 aliphatic rings. The molecule has 3 rings (SSSR count). The summed E-state index contributed by atoms with van der Waals surface area (Å²) >= 11 is 5.79. The van der Waals surface area contributed by atoms with Crippen LogP contribution in [0.25, 0.3) is 10.9 Å². The summed E-state index contributed by atoms with van der Waals surface area (Å²) in [6, 6.07) is 3.29. The molecule has 7 nitrogen and oxygen atoms in total. The van der Waals surface area contributed by atoms with Crippen molar-refractivity contribution in [3.63, 3.8) is 0 Å². The molecule has 21 heavy (non-hydrogen) atoms. The Bertz CT molecular complexity index is 694. The minimum atomic E-state index is -0.436. The van der Waals surface area contributed by atoms with Gasteiger partial charge in [-0.15, -0.1) is 0 Å². The lowest BCUT2D eigenvalue weighted by Crippen LogP contribution is -2.44. The first kappa shape index (κ1) is 13.8. The lowest BCUT2D eigenvalue weighted by molar-refractivity contribution is -0.125. The van der Waals surface area contributed by atoms with Crippen LogP contribution in [0.2, 0.25) is 5.15 Å². The maximum atomic E-state index is 12.0. The summed E-state index contributed by atoms with van der Waals surface area (Å²) in [5.74, 6) is -0.896. The molecular weight excluding hydrogens is 296 g/mol. The summed E-state index contributed by atoms with van der Waals surface area (Å²) in [5, 5.41) is 1.12. The fourth-order valence-electron chi connectivity index (χ4n) is 2.16. The van der Waals surface area contributed by atoms with Gasteiger partial charge in [0.05, 0.1) is 24.2 Å². The number of amides is 2. The van der Waals surface area contributed by atoms with E-state index in [2.05, 4.69) is 20.8 Å². The maximum Gasteiger partial charge on any atom is 0.286 e. The number of pyridine rings is 1. The molecule has 2 aromatic heterocycles. The van der Waals surface area contributed by atoms with Crippen molar-refractivity contribution in [2.24, 2.45) is 5.92 Å². The minimum absolute atomic E-state index is 0.212. The first-order valence-electron chi connectivity index (χ1n) is 6.45. The Hall–Kier alpha value is -2.12. The van der Waals surface area contributed by atoms with E-state index in [1.165, 1.54) is 0 Å². The first-order chi connectivity index (χ1) is 10.1. The topological polar surface area (TPSA) is 96.1 Å². The average Bonchev–Trinajstić information content (AvgIpc) is 3.12. The van der Waals surface area contributed by atoms with E-state index in [1.807, 2.05) is 0 Å². The molecule has 2 aromatic rings. The van der Waals surface area contributed by atoms with Gasteiger partial charge in [0.2, 0.25) is 5.91 Å². The Morgan fingerprint density at radius 1 is 1.38 bits per heavy atom. The highest BCUT2D eigenvalue weighted by molar-refractivity contribution is 6.30. The van der Waals surface area contributed by atoms with Crippen LogP contribution in [0.1, 0.15) is 16.9 Å². The number of hydrogen-bond acceptors (Lipinski definition) is 4. The quantitative estimate of drug-likeness (QED) is 0.570. The molecule has 2 amide bonds. The first-order valence-corrected chi connectivity index (χ1v) is 6.83. The summed E-state index contributed by atoms with van der Waals surface area (Å²) in [5.41, 5.74) is 5.78. The number of hydrogen-bond donors (Lipinski definition) is 3. The van der Waals surface area contributed by atoms with Crippen LogP contribution in [0.3, 0.4) is 0 Å². The monoisotopic (exact) mass is 308 g/mol. The van der Waals surface area contributed by atoms with Crippen LogP contribution in [-0.4, -0.2) is 35.0 Å². The highest BCUT2D eigenvalue weighted by Crippen LogP contribution is 2.17. The van der Waals surface area contributed by atoms with Crippen LogP contribution in [0, 0.1) is 5.92 Å². The summed E-state index contributed by atoms with van der Waals surface area (Å²) in [4.78, 5) is 30.6. The zero-order valence-corrected chi connectivity index (χ0v) is 11.7. The van der Waals surface area contributed by atoms with Crippen molar-refractivity contribution >= 4 is 34.3 Å². The standard InChI is InChI=1S/C13H13ClN4O3/c14-11-4-8-3-9(16-10(8)5-15-11)13(20)18-17-12(19)7-1-2-21-6-7/h3-5,7,16H,1-2,6H2,(H,17,19)(H,18,20). The largest absolute Gasteiger partial charge is 0.381 e. The van der Waals surface area contributed by atoms with Crippen LogP contribution in [0.15, 0.2) is 18.3 Å². The van der Waals surface area contributed by atoms with Crippen molar-refractivity contribution in [3.8, 4) is 0 Å². The number of aromatic nitrogens is 2. The third-order valence-electron chi connectivity index (χ3n) is 3.32. The van der Waals surface area contributed by atoms with Crippen LogP contribution in [-0.2, 0) is 9.53 Å². The molecule has 0 aliphatic carbocycles. The molecule has 1 saturated heterocycles. The molecule has 0 aromatic carbocycles.